The van der Waals surface area contributed by atoms with Crippen molar-refractivity contribution < 1.29 is 19.4 Å². The number of fused-ring (bicyclic) bond motifs is 1. The second-order valence-corrected chi connectivity index (χ2v) is 9.12. The smallest absolute Gasteiger partial charge is 0.247 e. The number of anilines is 1. The summed E-state index contributed by atoms with van der Waals surface area (Å²) in [5.41, 5.74) is 18.8. The fraction of sp³-hybridized carbons (Fsp3) is 0.520. The van der Waals surface area contributed by atoms with Gasteiger partial charge in [0, 0.05) is 37.6 Å². The Morgan fingerprint density at radius 1 is 1.03 bits per heavy atom. The van der Waals surface area contributed by atoms with E-state index in [9.17, 15) is 14.4 Å². The van der Waals surface area contributed by atoms with Crippen LogP contribution in [0.25, 0.3) is 10.9 Å². The Labute approximate surface area is 206 Å². The van der Waals surface area contributed by atoms with Crippen LogP contribution in [0.5, 0.6) is 0 Å². The number of hydrogen-bond donors (Lipinski definition) is 5. The first kappa shape index (κ1) is 26.5. The third-order valence-electron chi connectivity index (χ3n) is 6.51. The molecule has 1 aromatic carbocycles. The molecule has 10 nitrogen and oxygen atoms in total. The van der Waals surface area contributed by atoms with E-state index in [0.717, 1.165) is 43.0 Å². The molecule has 3 rings (SSSR count). The number of nitrogens with zero attached hydrogens (tertiary/aromatic N) is 1. The molecule has 2 atom stereocenters. The molecule has 1 aliphatic rings. The molecule has 3 amide bonds. The summed E-state index contributed by atoms with van der Waals surface area (Å²) >= 11 is 0. The van der Waals surface area contributed by atoms with Crippen molar-refractivity contribution in [2.45, 2.75) is 50.6 Å². The number of hydrogen-bond acceptors (Lipinski definition) is 6. The molecule has 1 heterocycles. The first-order valence-electron chi connectivity index (χ1n) is 12.4. The van der Waals surface area contributed by atoms with Crippen molar-refractivity contribution in [1.29, 1.82) is 0 Å². The van der Waals surface area contributed by atoms with Crippen molar-refractivity contribution in [3.63, 3.8) is 0 Å². The van der Waals surface area contributed by atoms with E-state index in [0.29, 0.717) is 31.9 Å². The second-order valence-electron chi connectivity index (χ2n) is 9.12. The summed E-state index contributed by atoms with van der Waals surface area (Å²) in [6.07, 6.45) is 6.37. The first-order chi connectivity index (χ1) is 16.9. The van der Waals surface area contributed by atoms with Gasteiger partial charge >= 0.3 is 0 Å². The molecule has 0 saturated heterocycles. The molecule has 190 valence electrons. The summed E-state index contributed by atoms with van der Waals surface area (Å²) < 4.78 is 0. The molecule has 1 aliphatic carbocycles. The molecule has 0 bridgehead atoms. The van der Waals surface area contributed by atoms with E-state index in [1.807, 2.05) is 30.3 Å². The maximum atomic E-state index is 13.3. The molecule has 1 fully saturated rings. The van der Waals surface area contributed by atoms with Crippen molar-refractivity contribution >= 4 is 34.3 Å². The lowest BCUT2D eigenvalue weighted by Crippen LogP contribution is -2.54. The van der Waals surface area contributed by atoms with E-state index in [1.165, 1.54) is 4.90 Å². The Bertz CT molecular complexity index is 1000. The number of aromatic amines is 1. The first-order valence-corrected chi connectivity index (χ1v) is 12.4. The Morgan fingerprint density at radius 2 is 1.71 bits per heavy atom. The average Bonchev–Trinajstić information content (AvgIpc) is 2.87. The highest BCUT2D eigenvalue weighted by molar-refractivity contribution is 5.99. The van der Waals surface area contributed by atoms with Gasteiger partial charge in [-0.15, -0.1) is 0 Å². The van der Waals surface area contributed by atoms with E-state index < -0.39 is 18.0 Å². The lowest BCUT2D eigenvalue weighted by molar-refractivity contribution is -0.343. The quantitative estimate of drug-likeness (QED) is 0.303. The Morgan fingerprint density at radius 3 is 2.40 bits per heavy atom. The molecule has 10 heteroatoms. The van der Waals surface area contributed by atoms with E-state index in [2.05, 4.69) is 15.6 Å². The minimum atomic E-state index is -1.08. The summed E-state index contributed by atoms with van der Waals surface area (Å²) in [6.45, 7) is 1.28. The largest absolute Gasteiger partial charge is 0.343 e. The van der Waals surface area contributed by atoms with Gasteiger partial charge < -0.3 is 32.7 Å². The van der Waals surface area contributed by atoms with E-state index >= 15 is 0 Å². The van der Waals surface area contributed by atoms with Gasteiger partial charge in [0.05, 0.1) is 12.5 Å². The van der Waals surface area contributed by atoms with Crippen LogP contribution >= 0.6 is 0 Å². The summed E-state index contributed by atoms with van der Waals surface area (Å²) in [7, 11) is 0. The maximum absolute atomic E-state index is 13.3. The SMILES string of the molecule is NCCN(CCN)C(=O)C[C@H](N)C(=O)N[C@H](C(=O)Nc1c[nH+]c2ccccc2c1)C1CCCCC1. The van der Waals surface area contributed by atoms with Crippen LogP contribution in [0.3, 0.4) is 0 Å². The Kier molecular flexibility index (Phi) is 9.95. The van der Waals surface area contributed by atoms with Crippen molar-refractivity contribution in [1.82, 2.24) is 10.2 Å². The number of para-hydroxylation sites is 1. The van der Waals surface area contributed by atoms with Crippen molar-refractivity contribution in [3.05, 3.63) is 36.5 Å². The van der Waals surface area contributed by atoms with Crippen LogP contribution < -0.4 is 32.8 Å². The molecule has 0 unspecified atom stereocenters. The number of amides is 3. The van der Waals surface area contributed by atoms with Gasteiger partial charge in [0.15, 0.2) is 6.20 Å². The fourth-order valence-corrected chi connectivity index (χ4v) is 4.62. The van der Waals surface area contributed by atoms with E-state index in [4.69, 9.17) is 17.2 Å². The minimum Gasteiger partial charge on any atom is -0.343 e. The summed E-state index contributed by atoms with van der Waals surface area (Å²) in [6, 6.07) is 7.85. The van der Waals surface area contributed by atoms with Gasteiger partial charge in [0.2, 0.25) is 23.2 Å². The van der Waals surface area contributed by atoms with Crippen LogP contribution in [0.15, 0.2) is 36.5 Å². The van der Waals surface area contributed by atoms with Gasteiger partial charge in [-0.3, -0.25) is 14.4 Å². The number of H-pyrrole nitrogens is 1. The topological polar surface area (TPSA) is 171 Å². The van der Waals surface area contributed by atoms with Gasteiger partial charge in [0.1, 0.15) is 11.7 Å². The molecule has 9 N–H and O–H groups in total. The standard InChI is InChI=1S/C25H37N7O3/c26-10-12-32(13-11-27)22(33)15-20(28)24(34)31-23(17-6-2-1-3-7-17)25(35)30-19-14-18-8-4-5-9-21(18)29-16-19/h4-5,8-9,14,16-17,20,23H,1-3,6-7,10-13,15,26-28H2,(H,30,35)(H,31,34)/p+1/t20-,23-/m0/s1. The monoisotopic (exact) mass is 484 g/mol. The molecular formula is C25H38N7O3+. The lowest BCUT2D eigenvalue weighted by Gasteiger charge is -2.31. The van der Waals surface area contributed by atoms with Crippen LogP contribution in [0, 0.1) is 5.92 Å². The molecule has 2 aromatic rings. The van der Waals surface area contributed by atoms with Crippen LogP contribution in [0.4, 0.5) is 5.69 Å². The highest BCUT2D eigenvalue weighted by atomic mass is 16.2. The molecule has 0 aliphatic heterocycles. The molecule has 1 aromatic heterocycles. The number of aromatic nitrogens is 1. The number of carbonyl (C=O) groups is 3. The summed E-state index contributed by atoms with van der Waals surface area (Å²) in [4.78, 5) is 43.5. The summed E-state index contributed by atoms with van der Waals surface area (Å²) in [5.74, 6) is -1.09. The maximum Gasteiger partial charge on any atom is 0.247 e. The molecule has 0 radical (unpaired) electrons. The van der Waals surface area contributed by atoms with Gasteiger partial charge in [-0.05, 0) is 30.9 Å². The highest BCUT2D eigenvalue weighted by Gasteiger charge is 2.33. The number of carbonyl (C=O) groups excluding carboxylic acids is 3. The van der Waals surface area contributed by atoms with Gasteiger partial charge in [0.25, 0.3) is 0 Å². The zero-order chi connectivity index (χ0) is 25.2. The predicted octanol–water partition coefficient (Wildman–Crippen LogP) is 0.121. The number of nitrogens with one attached hydrogen (secondary N) is 3. The highest BCUT2D eigenvalue weighted by Crippen LogP contribution is 2.27. The molecule has 1 saturated carbocycles. The van der Waals surface area contributed by atoms with Crippen LogP contribution in [-0.4, -0.2) is 60.9 Å². The predicted molar refractivity (Wildman–Crippen MR) is 135 cm³/mol. The summed E-state index contributed by atoms with van der Waals surface area (Å²) in [5, 5.41) is 6.75. The molecular weight excluding hydrogens is 446 g/mol. The van der Waals surface area contributed by atoms with Crippen molar-refractivity contribution in [2.75, 3.05) is 31.5 Å². The Balaban J connectivity index is 1.69. The second kappa shape index (κ2) is 13.1. The fourth-order valence-electron chi connectivity index (χ4n) is 4.62. The van der Waals surface area contributed by atoms with Crippen molar-refractivity contribution in [3.8, 4) is 0 Å². The van der Waals surface area contributed by atoms with Crippen molar-refractivity contribution in [2.24, 2.45) is 23.1 Å². The molecule has 35 heavy (non-hydrogen) atoms. The minimum absolute atomic E-state index is 0.00557. The van der Waals surface area contributed by atoms with Crippen LogP contribution in [-0.2, 0) is 14.4 Å². The third kappa shape index (κ3) is 7.45. The number of nitrogens with two attached hydrogens (primary N) is 3. The van der Waals surface area contributed by atoms with Gasteiger partial charge in [-0.25, -0.2) is 4.98 Å². The van der Waals surface area contributed by atoms with Gasteiger partial charge in [-0.2, -0.15) is 0 Å². The average molecular weight is 485 g/mol. The zero-order valence-corrected chi connectivity index (χ0v) is 20.2. The molecule has 0 spiro atoms. The van der Waals surface area contributed by atoms with Gasteiger partial charge in [-0.1, -0.05) is 31.4 Å². The number of rotatable bonds is 11. The van der Waals surface area contributed by atoms with Crippen LogP contribution in [0.2, 0.25) is 0 Å². The normalized spacial score (nSPS) is 15.9. The lowest BCUT2D eigenvalue weighted by atomic mass is 9.83. The Hall–Kier alpha value is -3.08. The third-order valence-corrected chi connectivity index (χ3v) is 6.51. The van der Waals surface area contributed by atoms with Crippen LogP contribution in [0.1, 0.15) is 38.5 Å². The number of benzene rings is 1. The number of pyridine rings is 1. The van der Waals surface area contributed by atoms with E-state index in [-0.39, 0.29) is 24.2 Å². The zero-order valence-electron chi connectivity index (χ0n) is 20.2. The van der Waals surface area contributed by atoms with E-state index in [1.54, 1.807) is 6.20 Å².